The van der Waals surface area contributed by atoms with Crippen molar-refractivity contribution in [2.75, 3.05) is 20.3 Å². The summed E-state index contributed by atoms with van der Waals surface area (Å²) >= 11 is 0. The van der Waals surface area contributed by atoms with Crippen molar-refractivity contribution in [2.45, 2.75) is 31.8 Å². The molecule has 1 saturated carbocycles. The van der Waals surface area contributed by atoms with E-state index in [-0.39, 0.29) is 18.1 Å². The summed E-state index contributed by atoms with van der Waals surface area (Å²) < 4.78 is 16.4. The van der Waals surface area contributed by atoms with E-state index in [1.807, 2.05) is 49.4 Å². The molecule has 148 valence electrons. The van der Waals surface area contributed by atoms with E-state index in [4.69, 9.17) is 14.2 Å². The highest BCUT2D eigenvalue weighted by molar-refractivity contribution is 5.75. The van der Waals surface area contributed by atoms with Crippen molar-refractivity contribution in [1.29, 1.82) is 0 Å². The molecule has 2 unspecified atom stereocenters. The van der Waals surface area contributed by atoms with Gasteiger partial charge < -0.3 is 24.8 Å². The van der Waals surface area contributed by atoms with Gasteiger partial charge in [0.05, 0.1) is 19.2 Å². The Kier molecular flexibility index (Phi) is 5.28. The fraction of sp³-hybridized carbons (Fsp3) is 0.409. The lowest BCUT2D eigenvalue weighted by Gasteiger charge is -2.23. The van der Waals surface area contributed by atoms with Crippen LogP contribution in [0.15, 0.2) is 42.5 Å². The molecule has 6 heteroatoms. The number of carbonyl (C=O) groups is 1. The SMILES string of the molecule is COc1ccc(C(NC(=O)NC(C)c2ccc3c(c2)OCCO3)C2CC2)cc1. The summed E-state index contributed by atoms with van der Waals surface area (Å²) in [5, 5.41) is 6.19. The zero-order chi connectivity index (χ0) is 19.5. The Morgan fingerprint density at radius 1 is 1.00 bits per heavy atom. The van der Waals surface area contributed by atoms with Gasteiger partial charge in [0.25, 0.3) is 0 Å². The highest BCUT2D eigenvalue weighted by Gasteiger charge is 2.33. The van der Waals surface area contributed by atoms with Gasteiger partial charge in [0, 0.05) is 0 Å². The number of hydrogen-bond donors (Lipinski definition) is 2. The number of fused-ring (bicyclic) bond motifs is 1. The number of amides is 2. The smallest absolute Gasteiger partial charge is 0.315 e. The average Bonchev–Trinajstić information content (AvgIpc) is 3.57. The Morgan fingerprint density at radius 3 is 2.36 bits per heavy atom. The standard InChI is InChI=1S/C22H26N2O4/c1-14(17-7-10-19-20(13-17)28-12-11-27-19)23-22(25)24-21(15-3-4-15)16-5-8-18(26-2)9-6-16/h5-10,13-15,21H,3-4,11-12H2,1-2H3,(H2,23,24,25). The molecule has 0 saturated heterocycles. The maximum Gasteiger partial charge on any atom is 0.315 e. The van der Waals surface area contributed by atoms with E-state index in [2.05, 4.69) is 10.6 Å². The first-order chi connectivity index (χ1) is 13.6. The third-order valence-electron chi connectivity index (χ3n) is 5.27. The van der Waals surface area contributed by atoms with Crippen molar-refractivity contribution in [3.8, 4) is 17.2 Å². The molecule has 1 aliphatic heterocycles. The molecule has 0 bridgehead atoms. The molecule has 28 heavy (non-hydrogen) atoms. The minimum Gasteiger partial charge on any atom is -0.497 e. The maximum absolute atomic E-state index is 12.7. The van der Waals surface area contributed by atoms with Gasteiger partial charge in [-0.15, -0.1) is 0 Å². The van der Waals surface area contributed by atoms with Gasteiger partial charge in [-0.3, -0.25) is 0 Å². The molecule has 6 nitrogen and oxygen atoms in total. The molecule has 0 spiro atoms. The number of methoxy groups -OCH3 is 1. The van der Waals surface area contributed by atoms with Crippen LogP contribution in [0.3, 0.4) is 0 Å². The number of ether oxygens (including phenoxy) is 3. The van der Waals surface area contributed by atoms with Crippen molar-refractivity contribution in [3.63, 3.8) is 0 Å². The highest BCUT2D eigenvalue weighted by Crippen LogP contribution is 2.41. The average molecular weight is 382 g/mol. The van der Waals surface area contributed by atoms with Crippen molar-refractivity contribution < 1.29 is 19.0 Å². The lowest BCUT2D eigenvalue weighted by atomic mass is 10.0. The van der Waals surface area contributed by atoms with Crippen molar-refractivity contribution in [3.05, 3.63) is 53.6 Å². The van der Waals surface area contributed by atoms with E-state index in [0.29, 0.717) is 19.1 Å². The van der Waals surface area contributed by atoms with Gasteiger partial charge in [0.15, 0.2) is 11.5 Å². The Morgan fingerprint density at radius 2 is 1.68 bits per heavy atom. The van der Waals surface area contributed by atoms with Crippen molar-refractivity contribution in [1.82, 2.24) is 10.6 Å². The highest BCUT2D eigenvalue weighted by atomic mass is 16.6. The van der Waals surface area contributed by atoms with Crippen molar-refractivity contribution >= 4 is 6.03 Å². The van der Waals surface area contributed by atoms with Crippen LogP contribution in [0.25, 0.3) is 0 Å². The molecular weight excluding hydrogens is 356 g/mol. The zero-order valence-electron chi connectivity index (χ0n) is 16.2. The predicted octanol–water partition coefficient (Wildman–Crippen LogP) is 3.98. The van der Waals surface area contributed by atoms with Crippen LogP contribution >= 0.6 is 0 Å². The Bertz CT molecular complexity index is 833. The fourth-order valence-corrected chi connectivity index (χ4v) is 3.51. The molecule has 2 aromatic rings. The van der Waals surface area contributed by atoms with Gasteiger partial charge in [-0.25, -0.2) is 4.79 Å². The quantitative estimate of drug-likeness (QED) is 0.793. The summed E-state index contributed by atoms with van der Waals surface area (Å²) in [7, 11) is 1.65. The fourth-order valence-electron chi connectivity index (χ4n) is 3.51. The first kappa shape index (κ1) is 18.5. The van der Waals surface area contributed by atoms with Gasteiger partial charge in [-0.05, 0) is 61.1 Å². The molecule has 1 heterocycles. The molecule has 2 amide bonds. The normalized spacial score (nSPS) is 17.4. The second-order valence-electron chi connectivity index (χ2n) is 7.33. The number of nitrogens with one attached hydrogen (secondary N) is 2. The maximum atomic E-state index is 12.7. The third kappa shape index (κ3) is 4.16. The third-order valence-corrected chi connectivity index (χ3v) is 5.27. The van der Waals surface area contributed by atoms with Crippen molar-refractivity contribution in [2.24, 2.45) is 5.92 Å². The molecule has 2 aromatic carbocycles. The summed E-state index contributed by atoms with van der Waals surface area (Å²) in [5.74, 6) is 2.78. The number of benzene rings is 2. The number of rotatable bonds is 6. The van der Waals surface area contributed by atoms with Crippen LogP contribution in [0.5, 0.6) is 17.2 Å². The van der Waals surface area contributed by atoms with Crippen LogP contribution in [0.4, 0.5) is 4.79 Å². The number of hydrogen-bond acceptors (Lipinski definition) is 4. The first-order valence-electron chi connectivity index (χ1n) is 9.74. The summed E-state index contributed by atoms with van der Waals surface area (Å²) in [6.07, 6.45) is 2.27. The number of urea groups is 1. The summed E-state index contributed by atoms with van der Waals surface area (Å²) in [4.78, 5) is 12.7. The van der Waals surface area contributed by atoms with Gasteiger partial charge >= 0.3 is 6.03 Å². The van der Waals surface area contributed by atoms with Crippen LogP contribution in [0.1, 0.15) is 43.0 Å². The molecule has 1 fully saturated rings. The largest absolute Gasteiger partial charge is 0.497 e. The van der Waals surface area contributed by atoms with Gasteiger partial charge in [-0.2, -0.15) is 0 Å². The summed E-state index contributed by atoms with van der Waals surface area (Å²) in [5.41, 5.74) is 2.08. The minimum absolute atomic E-state index is 0.0124. The van der Waals surface area contributed by atoms with E-state index in [1.54, 1.807) is 7.11 Å². The molecule has 1 aliphatic carbocycles. The van der Waals surface area contributed by atoms with E-state index in [0.717, 1.165) is 41.2 Å². The Hall–Kier alpha value is -2.89. The summed E-state index contributed by atoms with van der Waals surface area (Å²) in [6, 6.07) is 13.4. The Labute approximate surface area is 165 Å². The lowest BCUT2D eigenvalue weighted by Crippen LogP contribution is -2.40. The second kappa shape index (κ2) is 8.00. The van der Waals surface area contributed by atoms with Gasteiger partial charge in [0.2, 0.25) is 0 Å². The summed E-state index contributed by atoms with van der Waals surface area (Å²) in [6.45, 7) is 3.07. The predicted molar refractivity (Wildman–Crippen MR) is 106 cm³/mol. The molecule has 2 atom stereocenters. The molecule has 0 aromatic heterocycles. The van der Waals surface area contributed by atoms with Gasteiger partial charge in [-0.1, -0.05) is 18.2 Å². The van der Waals surface area contributed by atoms with E-state index in [9.17, 15) is 4.79 Å². The zero-order valence-corrected chi connectivity index (χ0v) is 16.2. The first-order valence-corrected chi connectivity index (χ1v) is 9.74. The lowest BCUT2D eigenvalue weighted by molar-refractivity contribution is 0.171. The Balaban J connectivity index is 1.40. The van der Waals surface area contributed by atoms with Crippen LogP contribution in [-0.4, -0.2) is 26.4 Å². The van der Waals surface area contributed by atoms with Crippen LogP contribution in [-0.2, 0) is 0 Å². The topological polar surface area (TPSA) is 68.8 Å². The van der Waals surface area contributed by atoms with E-state index < -0.39 is 0 Å². The van der Waals surface area contributed by atoms with Gasteiger partial charge in [0.1, 0.15) is 19.0 Å². The number of carbonyl (C=O) groups excluding carboxylic acids is 1. The molecule has 0 radical (unpaired) electrons. The van der Waals surface area contributed by atoms with E-state index >= 15 is 0 Å². The van der Waals surface area contributed by atoms with E-state index in [1.165, 1.54) is 0 Å². The molecule has 4 rings (SSSR count). The van der Waals surface area contributed by atoms with Crippen LogP contribution in [0, 0.1) is 5.92 Å². The minimum atomic E-state index is -0.171. The molecule has 2 aliphatic rings. The van der Waals surface area contributed by atoms with Crippen LogP contribution < -0.4 is 24.8 Å². The second-order valence-corrected chi connectivity index (χ2v) is 7.33. The monoisotopic (exact) mass is 382 g/mol. The molecular formula is C22H26N2O4. The van der Waals surface area contributed by atoms with Crippen LogP contribution in [0.2, 0.25) is 0 Å². The molecule has 2 N–H and O–H groups in total.